The second-order valence-corrected chi connectivity index (χ2v) is 8.25. The minimum atomic E-state index is -0.0699. The van der Waals surface area contributed by atoms with E-state index in [2.05, 4.69) is 95.4 Å². The number of pyridine rings is 1. The van der Waals surface area contributed by atoms with Gasteiger partial charge in [-0.25, -0.2) is 4.98 Å². The number of hydrogen-bond acceptors (Lipinski definition) is 2. The third-order valence-corrected chi connectivity index (χ3v) is 6.23. The number of anilines is 2. The molecule has 3 nitrogen and oxygen atoms in total. The number of aromatic nitrogens is 2. The van der Waals surface area contributed by atoms with Gasteiger partial charge in [0, 0.05) is 33.8 Å². The molecule has 29 heavy (non-hydrogen) atoms. The quantitative estimate of drug-likeness (QED) is 0.359. The Balaban J connectivity index is 1.73. The summed E-state index contributed by atoms with van der Waals surface area (Å²) < 4.78 is 2.26. The van der Waals surface area contributed by atoms with Crippen LogP contribution < -0.4 is 5.32 Å². The number of nitrogens with one attached hydrogen (secondary N) is 1. The first-order chi connectivity index (χ1) is 14.1. The molecule has 0 saturated heterocycles. The standard InChI is InChI=1S/C26H21N3/c1-26(2)19-10-4-5-11-21(19)28-22-16-24-18(15-20(22)26)17-9-3-6-12-23(17)29(24)25-13-7-8-14-27-25/h3-16,28H,1-2H3. The lowest BCUT2D eigenvalue weighted by Crippen LogP contribution is -2.25. The molecule has 0 amide bonds. The van der Waals surface area contributed by atoms with Crippen molar-refractivity contribution in [3.8, 4) is 5.82 Å². The molecule has 0 spiro atoms. The third kappa shape index (κ3) is 2.21. The highest BCUT2D eigenvalue weighted by molar-refractivity contribution is 6.10. The van der Waals surface area contributed by atoms with Gasteiger partial charge in [-0.15, -0.1) is 0 Å². The lowest BCUT2D eigenvalue weighted by atomic mass is 9.74. The monoisotopic (exact) mass is 375 g/mol. The molecule has 0 bridgehead atoms. The van der Waals surface area contributed by atoms with Gasteiger partial charge in [0.2, 0.25) is 0 Å². The fraction of sp³-hybridized carbons (Fsp3) is 0.115. The molecule has 140 valence electrons. The predicted octanol–water partition coefficient (Wildman–Crippen LogP) is 6.56. The van der Waals surface area contributed by atoms with Crippen LogP contribution in [0, 0.1) is 0 Å². The van der Waals surface area contributed by atoms with Crippen LogP contribution in [0.5, 0.6) is 0 Å². The van der Waals surface area contributed by atoms with Gasteiger partial charge in [0.25, 0.3) is 0 Å². The molecule has 0 radical (unpaired) electrons. The van der Waals surface area contributed by atoms with Gasteiger partial charge in [0.15, 0.2) is 0 Å². The SMILES string of the molecule is CC1(C)c2ccccc2Nc2cc3c(cc21)c1ccccc1n3-c1ccccn1. The Morgan fingerprint density at radius 1 is 0.724 bits per heavy atom. The Morgan fingerprint density at radius 3 is 2.38 bits per heavy atom. The van der Waals surface area contributed by atoms with Gasteiger partial charge in [-0.2, -0.15) is 0 Å². The van der Waals surface area contributed by atoms with Crippen molar-refractivity contribution < 1.29 is 0 Å². The number of fused-ring (bicyclic) bond motifs is 5. The van der Waals surface area contributed by atoms with Crippen molar-refractivity contribution in [1.29, 1.82) is 0 Å². The van der Waals surface area contributed by atoms with Crippen molar-refractivity contribution >= 4 is 33.2 Å². The highest BCUT2D eigenvalue weighted by atomic mass is 15.1. The van der Waals surface area contributed by atoms with Crippen molar-refractivity contribution in [3.63, 3.8) is 0 Å². The predicted molar refractivity (Wildman–Crippen MR) is 120 cm³/mol. The lowest BCUT2D eigenvalue weighted by Gasteiger charge is -2.35. The minimum absolute atomic E-state index is 0.0699. The summed E-state index contributed by atoms with van der Waals surface area (Å²) in [6.07, 6.45) is 1.85. The zero-order chi connectivity index (χ0) is 19.6. The second kappa shape index (κ2) is 5.71. The zero-order valence-corrected chi connectivity index (χ0v) is 16.5. The highest BCUT2D eigenvalue weighted by Gasteiger charge is 2.33. The Kier molecular flexibility index (Phi) is 3.22. The first-order valence-corrected chi connectivity index (χ1v) is 10.0. The van der Waals surface area contributed by atoms with Gasteiger partial charge in [-0.1, -0.05) is 56.3 Å². The molecule has 1 aliphatic rings. The van der Waals surface area contributed by atoms with Crippen LogP contribution in [0.4, 0.5) is 11.4 Å². The molecule has 0 saturated carbocycles. The normalized spacial score (nSPS) is 14.4. The Hall–Kier alpha value is -3.59. The summed E-state index contributed by atoms with van der Waals surface area (Å²) in [6, 6.07) is 27.9. The molecule has 1 N–H and O–H groups in total. The number of benzene rings is 3. The summed E-state index contributed by atoms with van der Waals surface area (Å²) in [6.45, 7) is 4.63. The molecule has 5 aromatic rings. The summed E-state index contributed by atoms with van der Waals surface area (Å²) in [5, 5.41) is 6.20. The van der Waals surface area contributed by atoms with E-state index in [9.17, 15) is 0 Å². The van der Waals surface area contributed by atoms with Crippen LogP contribution in [0.1, 0.15) is 25.0 Å². The first-order valence-electron chi connectivity index (χ1n) is 10.0. The molecular formula is C26H21N3. The molecule has 3 heteroatoms. The molecule has 6 rings (SSSR count). The molecule has 3 aromatic carbocycles. The van der Waals surface area contributed by atoms with Crippen LogP contribution in [0.15, 0.2) is 85.1 Å². The van der Waals surface area contributed by atoms with Gasteiger partial charge < -0.3 is 5.32 Å². The van der Waals surface area contributed by atoms with Gasteiger partial charge in [0.05, 0.1) is 11.0 Å². The van der Waals surface area contributed by atoms with E-state index in [4.69, 9.17) is 0 Å². The van der Waals surface area contributed by atoms with E-state index in [-0.39, 0.29) is 5.41 Å². The first kappa shape index (κ1) is 16.4. The smallest absolute Gasteiger partial charge is 0.137 e. The topological polar surface area (TPSA) is 29.9 Å². The number of nitrogens with zero attached hydrogens (tertiary/aromatic N) is 2. The molecule has 3 heterocycles. The Bertz CT molecular complexity index is 1390. The number of para-hydroxylation sites is 2. The molecule has 0 atom stereocenters. The van der Waals surface area contributed by atoms with E-state index in [1.165, 1.54) is 44.3 Å². The van der Waals surface area contributed by atoms with Crippen LogP contribution >= 0.6 is 0 Å². The maximum atomic E-state index is 4.64. The zero-order valence-electron chi connectivity index (χ0n) is 16.5. The fourth-order valence-corrected chi connectivity index (χ4v) is 4.80. The van der Waals surface area contributed by atoms with Gasteiger partial charge in [-0.3, -0.25) is 4.57 Å². The summed E-state index contributed by atoms with van der Waals surface area (Å²) in [4.78, 5) is 4.64. The third-order valence-electron chi connectivity index (χ3n) is 6.23. The summed E-state index contributed by atoms with van der Waals surface area (Å²) in [5.41, 5.74) is 7.30. The molecule has 0 aliphatic carbocycles. The van der Waals surface area contributed by atoms with Crippen LogP contribution in [0.25, 0.3) is 27.6 Å². The van der Waals surface area contributed by atoms with Crippen molar-refractivity contribution in [2.75, 3.05) is 5.32 Å². The Morgan fingerprint density at radius 2 is 1.52 bits per heavy atom. The van der Waals surface area contributed by atoms with Crippen molar-refractivity contribution in [3.05, 3.63) is 96.2 Å². The van der Waals surface area contributed by atoms with Crippen LogP contribution in [0.3, 0.4) is 0 Å². The van der Waals surface area contributed by atoms with E-state index >= 15 is 0 Å². The molecule has 1 aliphatic heterocycles. The van der Waals surface area contributed by atoms with Crippen molar-refractivity contribution in [1.82, 2.24) is 9.55 Å². The van der Waals surface area contributed by atoms with Crippen LogP contribution in [-0.2, 0) is 5.41 Å². The van der Waals surface area contributed by atoms with Gasteiger partial charge in [-0.05, 0) is 47.5 Å². The summed E-state index contributed by atoms with van der Waals surface area (Å²) >= 11 is 0. The Labute approximate surface area is 169 Å². The molecule has 2 aromatic heterocycles. The average molecular weight is 375 g/mol. The lowest BCUT2D eigenvalue weighted by molar-refractivity contribution is 0.639. The van der Waals surface area contributed by atoms with Crippen LogP contribution in [-0.4, -0.2) is 9.55 Å². The molecule has 0 unspecified atom stereocenters. The average Bonchev–Trinajstić information content (AvgIpc) is 3.07. The van der Waals surface area contributed by atoms with Crippen molar-refractivity contribution in [2.24, 2.45) is 0 Å². The minimum Gasteiger partial charge on any atom is -0.355 e. The van der Waals surface area contributed by atoms with Gasteiger partial charge in [0.1, 0.15) is 5.82 Å². The maximum Gasteiger partial charge on any atom is 0.137 e. The van der Waals surface area contributed by atoms with Crippen molar-refractivity contribution in [2.45, 2.75) is 19.3 Å². The fourth-order valence-electron chi connectivity index (χ4n) is 4.80. The van der Waals surface area contributed by atoms with E-state index in [0.717, 1.165) is 5.82 Å². The van der Waals surface area contributed by atoms with Gasteiger partial charge >= 0.3 is 0 Å². The van der Waals surface area contributed by atoms with Crippen LogP contribution in [0.2, 0.25) is 0 Å². The van der Waals surface area contributed by atoms with E-state index < -0.39 is 0 Å². The van der Waals surface area contributed by atoms with E-state index in [1.807, 2.05) is 18.3 Å². The number of rotatable bonds is 1. The largest absolute Gasteiger partial charge is 0.355 e. The summed E-state index contributed by atoms with van der Waals surface area (Å²) in [7, 11) is 0. The highest BCUT2D eigenvalue weighted by Crippen LogP contribution is 2.47. The van der Waals surface area contributed by atoms with E-state index in [0.29, 0.717) is 0 Å². The molecular weight excluding hydrogens is 354 g/mol. The van der Waals surface area contributed by atoms with E-state index in [1.54, 1.807) is 0 Å². The number of hydrogen-bond donors (Lipinski definition) is 1. The second-order valence-electron chi connectivity index (χ2n) is 8.25. The maximum absolute atomic E-state index is 4.64. The molecule has 0 fully saturated rings. The summed E-state index contributed by atoms with van der Waals surface area (Å²) in [5.74, 6) is 0.939.